The van der Waals surface area contributed by atoms with Crippen LogP contribution in [0.2, 0.25) is 0 Å². The van der Waals surface area contributed by atoms with Gasteiger partial charge in [-0.05, 0) is 55.5 Å². The first kappa shape index (κ1) is 21.0. The summed E-state index contributed by atoms with van der Waals surface area (Å²) in [5.41, 5.74) is 1.46. The minimum Gasteiger partial charge on any atom is -0.494 e. The average molecular weight is 406 g/mol. The Morgan fingerprint density at radius 3 is 2.20 bits per heavy atom. The van der Waals surface area contributed by atoms with Crippen LogP contribution in [0.5, 0.6) is 17.2 Å². The third-order valence-corrected chi connectivity index (χ3v) is 4.13. The zero-order chi connectivity index (χ0) is 21.0. The Hall–Kier alpha value is -3.67. The minimum absolute atomic E-state index is 0.138. The first-order valence-corrected chi connectivity index (χ1v) is 9.91. The maximum absolute atomic E-state index is 12.3. The molecule has 3 aromatic rings. The first-order valence-electron chi connectivity index (χ1n) is 9.91. The summed E-state index contributed by atoms with van der Waals surface area (Å²) < 4.78 is 16.8. The molecule has 0 spiro atoms. The van der Waals surface area contributed by atoms with Gasteiger partial charge in [0.15, 0.2) is 0 Å². The Labute approximate surface area is 176 Å². The van der Waals surface area contributed by atoms with E-state index in [1.807, 2.05) is 85.8 Å². The van der Waals surface area contributed by atoms with Crippen LogP contribution in [-0.2, 0) is 4.79 Å². The third-order valence-electron chi connectivity index (χ3n) is 4.13. The molecule has 0 aliphatic rings. The van der Waals surface area contributed by atoms with Crippen LogP contribution in [0, 0.1) is 0 Å². The molecule has 0 aromatic heterocycles. The van der Waals surface area contributed by atoms with E-state index in [0.717, 1.165) is 17.2 Å². The zero-order valence-corrected chi connectivity index (χ0v) is 17.0. The van der Waals surface area contributed by atoms with Gasteiger partial charge in [-0.2, -0.15) is 0 Å². The van der Waals surface area contributed by atoms with Crippen LogP contribution in [0.3, 0.4) is 0 Å². The number of hydrogen-bond acceptors (Lipinski definition) is 5. The molecule has 0 atom stereocenters. The fourth-order valence-electron chi connectivity index (χ4n) is 2.74. The van der Waals surface area contributed by atoms with E-state index in [4.69, 9.17) is 14.2 Å². The highest BCUT2D eigenvalue weighted by Crippen LogP contribution is 2.24. The number of nitrogens with one attached hydrogen (secondary N) is 2. The topological polar surface area (TPSA) is 68.8 Å². The molecule has 2 N–H and O–H groups in total. The molecule has 1 amide bonds. The molecule has 0 saturated carbocycles. The molecule has 0 aliphatic carbocycles. The van der Waals surface area contributed by atoms with Crippen LogP contribution in [0.15, 0.2) is 78.9 Å². The van der Waals surface area contributed by atoms with Crippen LogP contribution in [0.25, 0.3) is 0 Å². The maximum Gasteiger partial charge on any atom is 0.243 e. The van der Waals surface area contributed by atoms with E-state index in [2.05, 4.69) is 10.6 Å². The van der Waals surface area contributed by atoms with Crippen molar-refractivity contribution in [2.75, 3.05) is 37.0 Å². The Balaban J connectivity index is 1.45. The van der Waals surface area contributed by atoms with E-state index in [1.165, 1.54) is 0 Å². The standard InChI is InChI=1S/C24H26N2O4/c1-2-28-21-14-12-19(13-15-21)25-18-24(27)26-22-10-6-7-11-23(22)30-17-16-29-20-8-4-3-5-9-20/h3-15,25H,2,16-18H2,1H3,(H,26,27). The van der Waals surface area contributed by atoms with Crippen molar-refractivity contribution < 1.29 is 19.0 Å². The summed E-state index contributed by atoms with van der Waals surface area (Å²) in [7, 11) is 0. The van der Waals surface area contributed by atoms with Gasteiger partial charge in [-0.15, -0.1) is 0 Å². The lowest BCUT2D eigenvalue weighted by molar-refractivity contribution is -0.114. The molecule has 6 nitrogen and oxygen atoms in total. The highest BCUT2D eigenvalue weighted by molar-refractivity contribution is 5.95. The molecule has 0 fully saturated rings. The van der Waals surface area contributed by atoms with Crippen molar-refractivity contribution in [3.05, 3.63) is 78.9 Å². The lowest BCUT2D eigenvalue weighted by Crippen LogP contribution is -2.22. The second-order valence-corrected chi connectivity index (χ2v) is 6.37. The fraction of sp³-hybridized carbons (Fsp3) is 0.208. The number of hydrogen-bond donors (Lipinski definition) is 2. The van der Waals surface area contributed by atoms with Gasteiger partial charge in [0.1, 0.15) is 30.5 Å². The number of para-hydroxylation sites is 3. The number of anilines is 2. The molecular formula is C24H26N2O4. The lowest BCUT2D eigenvalue weighted by Gasteiger charge is -2.13. The largest absolute Gasteiger partial charge is 0.494 e. The Morgan fingerprint density at radius 2 is 1.43 bits per heavy atom. The van der Waals surface area contributed by atoms with Crippen molar-refractivity contribution in [1.29, 1.82) is 0 Å². The number of carbonyl (C=O) groups excluding carboxylic acids is 1. The molecule has 0 saturated heterocycles. The van der Waals surface area contributed by atoms with Crippen molar-refractivity contribution in [2.45, 2.75) is 6.92 Å². The molecule has 3 aromatic carbocycles. The summed E-state index contributed by atoms with van der Waals surface area (Å²) in [6, 6.07) is 24.4. The number of rotatable bonds is 11. The SMILES string of the molecule is CCOc1ccc(NCC(=O)Nc2ccccc2OCCOc2ccccc2)cc1. The van der Waals surface area contributed by atoms with Gasteiger partial charge < -0.3 is 24.8 Å². The van der Waals surface area contributed by atoms with E-state index in [1.54, 1.807) is 0 Å². The summed E-state index contributed by atoms with van der Waals surface area (Å²) in [6.45, 7) is 3.47. The van der Waals surface area contributed by atoms with Gasteiger partial charge in [0.25, 0.3) is 0 Å². The molecule has 0 unspecified atom stereocenters. The first-order chi connectivity index (χ1) is 14.7. The summed E-state index contributed by atoms with van der Waals surface area (Å²) in [4.78, 5) is 12.3. The number of carbonyl (C=O) groups is 1. The van der Waals surface area contributed by atoms with Gasteiger partial charge in [-0.3, -0.25) is 4.79 Å². The van der Waals surface area contributed by atoms with E-state index in [0.29, 0.717) is 31.3 Å². The van der Waals surface area contributed by atoms with Gasteiger partial charge >= 0.3 is 0 Å². The van der Waals surface area contributed by atoms with Crippen LogP contribution >= 0.6 is 0 Å². The Morgan fingerprint density at radius 1 is 0.767 bits per heavy atom. The quantitative estimate of drug-likeness (QED) is 0.456. The molecule has 3 rings (SSSR count). The van der Waals surface area contributed by atoms with Gasteiger partial charge in [0.2, 0.25) is 5.91 Å². The van der Waals surface area contributed by atoms with Crippen molar-refractivity contribution >= 4 is 17.3 Å². The van der Waals surface area contributed by atoms with Gasteiger partial charge in [0.05, 0.1) is 18.8 Å². The predicted molar refractivity (Wildman–Crippen MR) is 119 cm³/mol. The number of benzene rings is 3. The highest BCUT2D eigenvalue weighted by Gasteiger charge is 2.08. The fourth-order valence-corrected chi connectivity index (χ4v) is 2.74. The van der Waals surface area contributed by atoms with Crippen molar-refractivity contribution in [1.82, 2.24) is 0 Å². The van der Waals surface area contributed by atoms with Gasteiger partial charge in [-0.1, -0.05) is 30.3 Å². The average Bonchev–Trinajstić information content (AvgIpc) is 2.78. The van der Waals surface area contributed by atoms with Crippen LogP contribution in [0.1, 0.15) is 6.92 Å². The predicted octanol–water partition coefficient (Wildman–Crippen LogP) is 4.59. The van der Waals surface area contributed by atoms with Crippen LogP contribution in [0.4, 0.5) is 11.4 Å². The summed E-state index contributed by atoms with van der Waals surface area (Å²) in [5.74, 6) is 2.03. The second kappa shape index (κ2) is 11.4. The number of ether oxygens (including phenoxy) is 3. The van der Waals surface area contributed by atoms with E-state index < -0.39 is 0 Å². The molecular weight excluding hydrogens is 380 g/mol. The van der Waals surface area contributed by atoms with E-state index >= 15 is 0 Å². The normalized spacial score (nSPS) is 10.2. The third kappa shape index (κ3) is 6.74. The summed E-state index contributed by atoms with van der Waals surface area (Å²) in [6.07, 6.45) is 0. The summed E-state index contributed by atoms with van der Waals surface area (Å²) in [5, 5.41) is 5.97. The smallest absolute Gasteiger partial charge is 0.243 e. The molecule has 0 aliphatic heterocycles. The minimum atomic E-state index is -0.166. The van der Waals surface area contributed by atoms with E-state index in [-0.39, 0.29) is 12.5 Å². The Kier molecular flexibility index (Phi) is 7.97. The monoisotopic (exact) mass is 406 g/mol. The maximum atomic E-state index is 12.3. The van der Waals surface area contributed by atoms with E-state index in [9.17, 15) is 4.79 Å². The van der Waals surface area contributed by atoms with Gasteiger partial charge in [-0.25, -0.2) is 0 Å². The molecule has 156 valence electrons. The zero-order valence-electron chi connectivity index (χ0n) is 17.0. The Bertz CT molecular complexity index is 914. The molecule has 0 radical (unpaired) electrons. The highest BCUT2D eigenvalue weighted by atomic mass is 16.5. The molecule has 0 heterocycles. The summed E-state index contributed by atoms with van der Waals surface area (Å²) >= 11 is 0. The van der Waals surface area contributed by atoms with Gasteiger partial charge in [0, 0.05) is 5.69 Å². The van der Waals surface area contributed by atoms with Crippen molar-refractivity contribution in [3.63, 3.8) is 0 Å². The molecule has 30 heavy (non-hydrogen) atoms. The lowest BCUT2D eigenvalue weighted by atomic mass is 10.3. The van der Waals surface area contributed by atoms with Crippen LogP contribution in [-0.4, -0.2) is 32.3 Å². The number of amides is 1. The van der Waals surface area contributed by atoms with Crippen molar-refractivity contribution in [2.24, 2.45) is 0 Å². The molecule has 0 bridgehead atoms. The van der Waals surface area contributed by atoms with Crippen LogP contribution < -0.4 is 24.8 Å². The second-order valence-electron chi connectivity index (χ2n) is 6.37. The van der Waals surface area contributed by atoms with Crippen molar-refractivity contribution in [3.8, 4) is 17.2 Å². The molecule has 6 heteroatoms.